The largest absolute Gasteiger partial charge is 0.497 e. The van der Waals surface area contributed by atoms with E-state index in [-0.39, 0.29) is 0 Å². The van der Waals surface area contributed by atoms with E-state index in [4.69, 9.17) is 4.74 Å². The minimum absolute atomic E-state index is 0.988. The van der Waals surface area contributed by atoms with Gasteiger partial charge >= 0.3 is 0 Å². The van der Waals surface area contributed by atoms with Crippen LogP contribution in [0.25, 0.3) is 0 Å². The van der Waals surface area contributed by atoms with E-state index in [1.54, 1.807) is 7.11 Å². The second-order valence-corrected chi connectivity index (χ2v) is 5.15. The van der Waals surface area contributed by atoms with E-state index in [1.807, 2.05) is 0 Å². The molecule has 0 unspecified atom stereocenters. The predicted octanol–water partition coefficient (Wildman–Crippen LogP) is 4.03. The van der Waals surface area contributed by atoms with Crippen LogP contribution in [0.1, 0.15) is 44.6 Å². The van der Waals surface area contributed by atoms with Gasteiger partial charge in [-0.3, -0.25) is 0 Å². The van der Waals surface area contributed by atoms with Crippen LogP contribution < -0.4 is 9.64 Å². The average Bonchev–Trinajstić information content (AvgIpc) is 2.45. The zero-order chi connectivity index (χ0) is 12.8. The highest BCUT2D eigenvalue weighted by Gasteiger charge is 2.14. The van der Waals surface area contributed by atoms with Crippen molar-refractivity contribution in [3.05, 3.63) is 23.8 Å². The van der Waals surface area contributed by atoms with Crippen molar-refractivity contribution >= 4 is 5.69 Å². The summed E-state index contributed by atoms with van der Waals surface area (Å²) in [4.78, 5) is 2.55. The Bertz CT molecular complexity index is 369. The van der Waals surface area contributed by atoms with Crippen molar-refractivity contribution in [2.24, 2.45) is 0 Å². The van der Waals surface area contributed by atoms with E-state index in [1.165, 1.54) is 62.9 Å². The van der Waals surface area contributed by atoms with Crippen molar-refractivity contribution in [1.29, 1.82) is 0 Å². The van der Waals surface area contributed by atoms with E-state index < -0.39 is 0 Å². The van der Waals surface area contributed by atoms with Crippen LogP contribution in [0.15, 0.2) is 18.2 Å². The first-order valence-electron chi connectivity index (χ1n) is 7.27. The molecule has 0 atom stereocenters. The van der Waals surface area contributed by atoms with Gasteiger partial charge in [0.1, 0.15) is 5.75 Å². The fourth-order valence-electron chi connectivity index (χ4n) is 2.70. The van der Waals surface area contributed by atoms with Gasteiger partial charge < -0.3 is 9.64 Å². The van der Waals surface area contributed by atoms with Crippen LogP contribution in [0.5, 0.6) is 5.75 Å². The molecule has 18 heavy (non-hydrogen) atoms. The summed E-state index contributed by atoms with van der Waals surface area (Å²) in [6.07, 6.45) is 7.72. The minimum Gasteiger partial charge on any atom is -0.497 e. The second kappa shape index (κ2) is 6.67. The first-order valence-corrected chi connectivity index (χ1v) is 7.27. The molecule has 1 aliphatic rings. The van der Waals surface area contributed by atoms with Gasteiger partial charge in [0.2, 0.25) is 0 Å². The summed E-state index contributed by atoms with van der Waals surface area (Å²) in [7, 11) is 1.75. The maximum Gasteiger partial charge on any atom is 0.119 e. The van der Waals surface area contributed by atoms with Crippen LogP contribution in [0.2, 0.25) is 0 Å². The monoisotopic (exact) mass is 247 g/mol. The number of nitrogens with zero attached hydrogens (tertiary/aromatic N) is 1. The van der Waals surface area contributed by atoms with Gasteiger partial charge in [-0.2, -0.15) is 0 Å². The van der Waals surface area contributed by atoms with E-state index in [0.717, 1.165) is 5.75 Å². The van der Waals surface area contributed by atoms with Crippen molar-refractivity contribution in [3.63, 3.8) is 0 Å². The summed E-state index contributed by atoms with van der Waals surface area (Å²) in [6, 6.07) is 6.56. The maximum atomic E-state index is 5.36. The molecule has 0 spiro atoms. The predicted molar refractivity (Wildman–Crippen MR) is 77.7 cm³/mol. The van der Waals surface area contributed by atoms with Crippen molar-refractivity contribution < 1.29 is 4.74 Å². The van der Waals surface area contributed by atoms with Crippen LogP contribution in [-0.4, -0.2) is 20.2 Å². The van der Waals surface area contributed by atoms with Gasteiger partial charge in [0, 0.05) is 18.8 Å². The maximum absolute atomic E-state index is 5.36. The third-order valence-corrected chi connectivity index (χ3v) is 3.78. The number of benzene rings is 1. The average molecular weight is 247 g/mol. The fourth-order valence-corrected chi connectivity index (χ4v) is 2.70. The van der Waals surface area contributed by atoms with E-state index in [9.17, 15) is 0 Å². The van der Waals surface area contributed by atoms with Crippen molar-refractivity contribution in [3.8, 4) is 5.75 Å². The minimum atomic E-state index is 0.988. The molecule has 100 valence electrons. The number of anilines is 1. The fraction of sp³-hybridized carbons (Fsp3) is 0.625. The molecule has 1 fully saturated rings. The lowest BCUT2D eigenvalue weighted by Crippen LogP contribution is -2.30. The van der Waals surface area contributed by atoms with Crippen LogP contribution in [0.3, 0.4) is 0 Å². The van der Waals surface area contributed by atoms with Gasteiger partial charge in [-0.1, -0.05) is 13.3 Å². The van der Waals surface area contributed by atoms with Crippen LogP contribution in [0.4, 0.5) is 5.69 Å². The normalized spacial score (nSPS) is 15.8. The molecule has 1 aromatic carbocycles. The van der Waals surface area contributed by atoms with Crippen LogP contribution >= 0.6 is 0 Å². The standard InChI is InChI=1S/C16H25NO/c1-3-4-8-14-13-15(18-2)9-10-16(14)17-11-6-5-7-12-17/h9-10,13H,3-8,11-12H2,1-2H3. The number of unbranched alkanes of at least 4 members (excludes halogenated alkanes) is 1. The molecule has 0 N–H and O–H groups in total. The third kappa shape index (κ3) is 3.18. The van der Waals surface area contributed by atoms with Gasteiger partial charge in [-0.25, -0.2) is 0 Å². The highest BCUT2D eigenvalue weighted by atomic mass is 16.5. The van der Waals surface area contributed by atoms with Gasteiger partial charge in [0.25, 0.3) is 0 Å². The van der Waals surface area contributed by atoms with Gasteiger partial charge in [0.05, 0.1) is 7.11 Å². The number of piperidine rings is 1. The van der Waals surface area contributed by atoms with E-state index >= 15 is 0 Å². The molecule has 1 aliphatic heterocycles. The lowest BCUT2D eigenvalue weighted by atomic mass is 10.0. The van der Waals surface area contributed by atoms with E-state index in [0.29, 0.717) is 0 Å². The van der Waals surface area contributed by atoms with Gasteiger partial charge in [-0.05, 0) is 55.9 Å². The Morgan fingerprint density at radius 3 is 2.61 bits per heavy atom. The summed E-state index contributed by atoms with van der Waals surface area (Å²) in [5.41, 5.74) is 2.89. The lowest BCUT2D eigenvalue weighted by molar-refractivity contribution is 0.414. The lowest BCUT2D eigenvalue weighted by Gasteiger charge is -2.31. The molecular formula is C16H25NO. The first kappa shape index (κ1) is 13.3. The highest BCUT2D eigenvalue weighted by molar-refractivity contribution is 5.56. The Kier molecular flexibility index (Phi) is 4.91. The molecule has 0 radical (unpaired) electrons. The number of rotatable bonds is 5. The zero-order valence-electron chi connectivity index (χ0n) is 11.7. The Morgan fingerprint density at radius 2 is 1.94 bits per heavy atom. The Hall–Kier alpha value is -1.18. The molecule has 1 heterocycles. The number of methoxy groups -OCH3 is 1. The summed E-state index contributed by atoms with van der Waals surface area (Å²) < 4.78 is 5.36. The van der Waals surface area contributed by atoms with Crippen molar-refractivity contribution in [1.82, 2.24) is 0 Å². The summed E-state index contributed by atoms with van der Waals surface area (Å²) in [6.45, 7) is 4.68. The molecule has 2 rings (SSSR count). The van der Waals surface area contributed by atoms with Crippen LogP contribution in [-0.2, 0) is 6.42 Å². The Labute approximate surface area is 111 Å². The molecule has 1 aromatic rings. The molecule has 0 amide bonds. The molecule has 0 aliphatic carbocycles. The van der Waals surface area contributed by atoms with Crippen molar-refractivity contribution in [2.75, 3.05) is 25.1 Å². The Balaban J connectivity index is 2.20. The van der Waals surface area contributed by atoms with E-state index in [2.05, 4.69) is 30.0 Å². The summed E-state index contributed by atoms with van der Waals surface area (Å²) in [5.74, 6) is 0.988. The van der Waals surface area contributed by atoms with Crippen molar-refractivity contribution in [2.45, 2.75) is 45.4 Å². The molecule has 1 saturated heterocycles. The zero-order valence-corrected chi connectivity index (χ0v) is 11.7. The first-order chi connectivity index (χ1) is 8.85. The summed E-state index contributed by atoms with van der Waals surface area (Å²) in [5, 5.41) is 0. The molecular weight excluding hydrogens is 222 g/mol. The molecule has 2 heteroatoms. The quantitative estimate of drug-likeness (QED) is 0.779. The SMILES string of the molecule is CCCCc1cc(OC)ccc1N1CCCCC1. The third-order valence-electron chi connectivity index (χ3n) is 3.78. The van der Waals surface area contributed by atoms with Gasteiger partial charge in [0.15, 0.2) is 0 Å². The Morgan fingerprint density at radius 1 is 1.17 bits per heavy atom. The van der Waals surface area contributed by atoms with Gasteiger partial charge in [-0.15, -0.1) is 0 Å². The molecule has 0 saturated carbocycles. The molecule has 2 nitrogen and oxygen atoms in total. The molecule has 0 bridgehead atoms. The number of hydrogen-bond acceptors (Lipinski definition) is 2. The number of hydrogen-bond donors (Lipinski definition) is 0. The summed E-state index contributed by atoms with van der Waals surface area (Å²) >= 11 is 0. The highest BCUT2D eigenvalue weighted by Crippen LogP contribution is 2.29. The smallest absolute Gasteiger partial charge is 0.119 e. The number of ether oxygens (including phenoxy) is 1. The second-order valence-electron chi connectivity index (χ2n) is 5.15. The van der Waals surface area contributed by atoms with Crippen LogP contribution in [0, 0.1) is 0 Å². The molecule has 0 aromatic heterocycles. The number of aryl methyl sites for hydroxylation is 1. The topological polar surface area (TPSA) is 12.5 Å².